The van der Waals surface area contributed by atoms with Crippen LogP contribution in [0.1, 0.15) is 32.8 Å². The molecule has 0 saturated heterocycles. The molecule has 1 amide bonds. The third-order valence-electron chi connectivity index (χ3n) is 2.99. The Morgan fingerprint density at radius 2 is 1.91 bits per heavy atom. The second kappa shape index (κ2) is 6.86. The molecule has 0 aliphatic carbocycles. The predicted molar refractivity (Wildman–Crippen MR) is 83.7 cm³/mol. The number of alkyl halides is 4. The van der Waals surface area contributed by atoms with Gasteiger partial charge in [-0.2, -0.15) is 13.2 Å². The Labute approximate surface area is 139 Å². The van der Waals surface area contributed by atoms with Crippen LogP contribution >= 0.6 is 15.9 Å². The zero-order chi connectivity index (χ0) is 18.0. The van der Waals surface area contributed by atoms with Crippen molar-refractivity contribution < 1.29 is 22.9 Å². The zero-order valence-electron chi connectivity index (χ0n) is 12.8. The van der Waals surface area contributed by atoms with Crippen LogP contribution in [0.25, 0.3) is 0 Å². The Hall–Kier alpha value is -1.64. The Morgan fingerprint density at radius 1 is 1.35 bits per heavy atom. The van der Waals surface area contributed by atoms with Gasteiger partial charge in [0.05, 0.1) is 9.25 Å². The highest BCUT2D eigenvalue weighted by Gasteiger charge is 2.39. The Morgan fingerprint density at radius 3 is 2.30 bits per heavy atom. The number of rotatable bonds is 5. The van der Waals surface area contributed by atoms with Crippen LogP contribution in [0.15, 0.2) is 18.2 Å². The molecule has 0 spiro atoms. The molecule has 1 aromatic rings. The smallest absolute Gasteiger partial charge is 0.311 e. The number of halogens is 4. The quantitative estimate of drug-likeness (QED) is 0.417. The average Bonchev–Trinajstić information content (AvgIpc) is 2.41. The number of nitro groups is 1. The van der Waals surface area contributed by atoms with Gasteiger partial charge in [0.2, 0.25) is 5.91 Å². The monoisotopic (exact) mass is 396 g/mol. The zero-order valence-corrected chi connectivity index (χ0v) is 14.4. The van der Waals surface area contributed by atoms with E-state index in [0.717, 1.165) is 12.1 Å². The molecule has 9 heteroatoms. The third kappa shape index (κ3) is 4.66. The van der Waals surface area contributed by atoms with E-state index in [9.17, 15) is 28.1 Å². The second-order valence-corrected chi connectivity index (χ2v) is 7.37. The summed E-state index contributed by atoms with van der Waals surface area (Å²) in [5.74, 6) is -0.429. The number of hydrogen-bond donors (Lipinski definition) is 0. The first-order chi connectivity index (χ1) is 10.4. The highest BCUT2D eigenvalue weighted by Crippen LogP contribution is 2.38. The van der Waals surface area contributed by atoms with Crippen molar-refractivity contribution in [2.45, 2.75) is 37.7 Å². The first-order valence-corrected chi connectivity index (χ1v) is 7.55. The summed E-state index contributed by atoms with van der Waals surface area (Å²) < 4.78 is 38.2. The lowest BCUT2D eigenvalue weighted by molar-refractivity contribution is -0.388. The fourth-order valence-corrected chi connectivity index (χ4v) is 2.18. The SMILES string of the molecule is CCCN(C(=O)C(C)(C)Br)c1ccc([N+](=O)[O-])c(C(F)(F)F)c1. The standard InChI is InChI=1S/C14H16BrF3N2O3/c1-4-7-19(12(21)13(2,3)15)9-5-6-11(20(22)23)10(8-9)14(16,17)18/h5-6,8H,4,7H2,1-3H3. The topological polar surface area (TPSA) is 63.5 Å². The normalized spacial score (nSPS) is 12.1. The van der Waals surface area contributed by atoms with Crippen LogP contribution in [0.4, 0.5) is 24.5 Å². The van der Waals surface area contributed by atoms with E-state index in [0.29, 0.717) is 12.5 Å². The lowest BCUT2D eigenvalue weighted by Gasteiger charge is -2.28. The number of anilines is 1. The van der Waals surface area contributed by atoms with Gasteiger partial charge in [0, 0.05) is 18.3 Å². The number of carbonyl (C=O) groups is 1. The highest BCUT2D eigenvalue weighted by atomic mass is 79.9. The lowest BCUT2D eigenvalue weighted by Crippen LogP contribution is -2.42. The molecule has 0 fully saturated rings. The van der Waals surface area contributed by atoms with Crippen LogP contribution in [0.3, 0.4) is 0 Å². The molecule has 0 aromatic heterocycles. The summed E-state index contributed by atoms with van der Waals surface area (Å²) in [4.78, 5) is 23.3. The van der Waals surface area contributed by atoms with Gasteiger partial charge in [0.15, 0.2) is 0 Å². The Kier molecular flexibility index (Phi) is 5.79. The largest absolute Gasteiger partial charge is 0.423 e. The Balaban J connectivity index is 3.45. The number of nitro benzene ring substituents is 1. The number of benzene rings is 1. The molecular weight excluding hydrogens is 381 g/mol. The van der Waals surface area contributed by atoms with Gasteiger partial charge in [-0.05, 0) is 32.4 Å². The van der Waals surface area contributed by atoms with Crippen molar-refractivity contribution in [1.82, 2.24) is 0 Å². The van der Waals surface area contributed by atoms with Gasteiger partial charge in [-0.3, -0.25) is 14.9 Å². The molecule has 0 unspecified atom stereocenters. The van der Waals surface area contributed by atoms with Crippen molar-refractivity contribution in [3.05, 3.63) is 33.9 Å². The van der Waals surface area contributed by atoms with Gasteiger partial charge in [-0.25, -0.2) is 0 Å². The number of amides is 1. The average molecular weight is 397 g/mol. The summed E-state index contributed by atoms with van der Waals surface area (Å²) in [7, 11) is 0. The molecule has 0 heterocycles. The van der Waals surface area contributed by atoms with Crippen LogP contribution in [0, 0.1) is 10.1 Å². The van der Waals surface area contributed by atoms with Gasteiger partial charge < -0.3 is 4.90 Å². The van der Waals surface area contributed by atoms with E-state index < -0.39 is 32.6 Å². The minimum atomic E-state index is -4.89. The van der Waals surface area contributed by atoms with Crippen LogP contribution in [0.2, 0.25) is 0 Å². The third-order valence-corrected chi connectivity index (χ3v) is 3.33. The van der Waals surface area contributed by atoms with Crippen LogP contribution in [-0.4, -0.2) is 21.7 Å². The minimum Gasteiger partial charge on any atom is -0.311 e. The van der Waals surface area contributed by atoms with Crippen molar-refractivity contribution in [1.29, 1.82) is 0 Å². The first-order valence-electron chi connectivity index (χ1n) is 6.76. The van der Waals surface area contributed by atoms with E-state index in [1.807, 2.05) is 0 Å². The minimum absolute atomic E-state index is 0.0256. The lowest BCUT2D eigenvalue weighted by atomic mass is 10.1. The molecule has 128 valence electrons. The molecule has 0 atom stereocenters. The van der Waals surface area contributed by atoms with E-state index in [1.54, 1.807) is 20.8 Å². The van der Waals surface area contributed by atoms with Crippen LogP contribution in [0.5, 0.6) is 0 Å². The molecule has 23 heavy (non-hydrogen) atoms. The molecule has 1 aromatic carbocycles. The molecule has 0 radical (unpaired) electrons. The maximum Gasteiger partial charge on any atom is 0.423 e. The molecule has 5 nitrogen and oxygen atoms in total. The van der Waals surface area contributed by atoms with Crippen molar-refractivity contribution in [3.8, 4) is 0 Å². The van der Waals surface area contributed by atoms with Gasteiger partial charge in [0.1, 0.15) is 5.56 Å². The van der Waals surface area contributed by atoms with E-state index in [1.165, 1.54) is 4.90 Å². The van der Waals surface area contributed by atoms with Crippen molar-refractivity contribution in [2.75, 3.05) is 11.4 Å². The maximum absolute atomic E-state index is 13.1. The number of nitrogens with zero attached hydrogens (tertiary/aromatic N) is 2. The van der Waals surface area contributed by atoms with Crippen LogP contribution in [-0.2, 0) is 11.0 Å². The fraction of sp³-hybridized carbons (Fsp3) is 0.500. The Bertz CT molecular complexity index is 612. The molecule has 0 saturated carbocycles. The first kappa shape index (κ1) is 19.4. The summed E-state index contributed by atoms with van der Waals surface area (Å²) >= 11 is 3.19. The van der Waals surface area contributed by atoms with Crippen molar-refractivity contribution in [3.63, 3.8) is 0 Å². The predicted octanol–water partition coefficient (Wildman–Crippen LogP) is 4.53. The van der Waals surface area contributed by atoms with E-state index in [4.69, 9.17) is 0 Å². The maximum atomic E-state index is 13.1. The van der Waals surface area contributed by atoms with Crippen LogP contribution < -0.4 is 4.90 Å². The number of hydrogen-bond acceptors (Lipinski definition) is 3. The molecule has 0 aliphatic heterocycles. The molecule has 1 rings (SSSR count). The summed E-state index contributed by atoms with van der Waals surface area (Å²) in [5, 5.41) is 10.8. The van der Waals surface area contributed by atoms with Gasteiger partial charge >= 0.3 is 6.18 Å². The summed E-state index contributed by atoms with van der Waals surface area (Å²) in [6.45, 7) is 5.13. The van der Waals surface area contributed by atoms with E-state index in [2.05, 4.69) is 15.9 Å². The van der Waals surface area contributed by atoms with E-state index >= 15 is 0 Å². The molecule has 0 bridgehead atoms. The van der Waals surface area contributed by atoms with Gasteiger partial charge in [-0.1, -0.05) is 22.9 Å². The van der Waals surface area contributed by atoms with Crippen molar-refractivity contribution in [2.24, 2.45) is 0 Å². The second-order valence-electron chi connectivity index (χ2n) is 5.39. The summed E-state index contributed by atoms with van der Waals surface area (Å²) in [6, 6.07) is 2.57. The summed E-state index contributed by atoms with van der Waals surface area (Å²) in [5.41, 5.74) is -2.44. The highest BCUT2D eigenvalue weighted by molar-refractivity contribution is 9.10. The van der Waals surface area contributed by atoms with Crippen molar-refractivity contribution >= 4 is 33.2 Å². The molecular formula is C14H16BrF3N2O3. The molecule has 0 N–H and O–H groups in total. The number of carbonyl (C=O) groups excluding carboxylic acids is 1. The molecule has 0 aliphatic rings. The van der Waals surface area contributed by atoms with E-state index in [-0.39, 0.29) is 12.2 Å². The van der Waals surface area contributed by atoms with Gasteiger partial charge in [-0.15, -0.1) is 0 Å². The fourth-order valence-electron chi connectivity index (χ4n) is 1.97. The summed E-state index contributed by atoms with van der Waals surface area (Å²) in [6.07, 6.45) is -4.36. The van der Waals surface area contributed by atoms with Gasteiger partial charge in [0.25, 0.3) is 5.69 Å².